The quantitative estimate of drug-likeness (QED) is 0.168. The number of carbonyl (C=O) groups is 1. The predicted molar refractivity (Wildman–Crippen MR) is 145 cm³/mol. The molecule has 1 aliphatic carbocycles. The van der Waals surface area contributed by atoms with E-state index in [1.54, 1.807) is 18.2 Å². The number of aliphatic hydroxyl groups excluding tert-OH is 2. The number of benzene rings is 2. The topological polar surface area (TPSA) is 150 Å². The Morgan fingerprint density at radius 3 is 2.74 bits per heavy atom. The number of methoxy groups -OCH3 is 1. The van der Waals surface area contributed by atoms with Crippen LogP contribution in [0.1, 0.15) is 34.5 Å². The van der Waals surface area contributed by atoms with E-state index in [1.807, 2.05) is 37.3 Å². The standard InChI is InChI=1S/C27H29N5O5S/c1-15-21(24-30-19-8-3-4-9-20(19)38-24)23(32-27(36)11-10-18(14-33)22(27)34)31-26(29-15)28-13-16-6-5-7-17(12-16)25(35)37-2/h3-9,12,18,22,33-34,36H,10-11,13-14H2,1-2H3,(H2,28,29,31,32). The van der Waals surface area contributed by atoms with Crippen molar-refractivity contribution in [3.63, 3.8) is 0 Å². The van der Waals surface area contributed by atoms with Gasteiger partial charge in [0.15, 0.2) is 5.72 Å². The van der Waals surface area contributed by atoms with Crippen LogP contribution in [-0.2, 0) is 11.3 Å². The first-order chi connectivity index (χ1) is 18.3. The summed E-state index contributed by atoms with van der Waals surface area (Å²) in [5.41, 5.74) is 1.68. The van der Waals surface area contributed by atoms with Gasteiger partial charge in [-0.3, -0.25) is 0 Å². The van der Waals surface area contributed by atoms with Crippen molar-refractivity contribution >= 4 is 39.3 Å². The molecule has 198 valence electrons. The number of thiazole rings is 1. The molecule has 3 unspecified atom stereocenters. The van der Waals surface area contributed by atoms with Crippen molar-refractivity contribution < 1.29 is 24.9 Å². The zero-order chi connectivity index (χ0) is 26.9. The first-order valence-electron chi connectivity index (χ1n) is 12.3. The molecule has 0 aliphatic heterocycles. The van der Waals surface area contributed by atoms with Crippen molar-refractivity contribution in [1.82, 2.24) is 15.0 Å². The van der Waals surface area contributed by atoms with Crippen molar-refractivity contribution in [2.24, 2.45) is 5.92 Å². The monoisotopic (exact) mass is 535 g/mol. The molecule has 1 aliphatic rings. The van der Waals surface area contributed by atoms with E-state index in [9.17, 15) is 20.1 Å². The molecule has 10 nitrogen and oxygen atoms in total. The highest BCUT2D eigenvalue weighted by molar-refractivity contribution is 7.21. The zero-order valence-electron chi connectivity index (χ0n) is 21.0. The predicted octanol–water partition coefficient (Wildman–Crippen LogP) is 3.32. The Kier molecular flexibility index (Phi) is 7.26. The highest BCUT2D eigenvalue weighted by Gasteiger charge is 2.47. The fourth-order valence-electron chi connectivity index (χ4n) is 4.72. The third-order valence-electron chi connectivity index (χ3n) is 6.80. The number of fused-ring (bicyclic) bond motifs is 1. The lowest BCUT2D eigenvalue weighted by Gasteiger charge is -2.31. The van der Waals surface area contributed by atoms with Crippen molar-refractivity contribution in [1.29, 1.82) is 0 Å². The molecule has 5 N–H and O–H groups in total. The summed E-state index contributed by atoms with van der Waals surface area (Å²) in [6.07, 6.45) is -0.475. The summed E-state index contributed by atoms with van der Waals surface area (Å²) >= 11 is 1.48. The number of hydrogen-bond donors (Lipinski definition) is 5. The van der Waals surface area contributed by atoms with Gasteiger partial charge in [-0.05, 0) is 49.6 Å². The highest BCUT2D eigenvalue weighted by Crippen LogP contribution is 2.40. The average molecular weight is 536 g/mol. The molecule has 1 fully saturated rings. The fraction of sp³-hybridized carbons (Fsp3) is 0.333. The number of ether oxygens (including phenoxy) is 1. The molecule has 11 heteroatoms. The van der Waals surface area contributed by atoms with Crippen LogP contribution in [0.15, 0.2) is 48.5 Å². The third-order valence-corrected chi connectivity index (χ3v) is 7.85. The Hall–Kier alpha value is -3.64. The van der Waals surface area contributed by atoms with Crippen molar-refractivity contribution in [2.75, 3.05) is 24.4 Å². The second-order valence-corrected chi connectivity index (χ2v) is 10.4. The largest absolute Gasteiger partial charge is 0.465 e. The number of nitrogens with one attached hydrogen (secondary N) is 2. The molecule has 0 bridgehead atoms. The van der Waals surface area contributed by atoms with Gasteiger partial charge in [0.05, 0.1) is 34.1 Å². The average Bonchev–Trinajstić information content (AvgIpc) is 3.47. The van der Waals surface area contributed by atoms with E-state index in [0.29, 0.717) is 46.6 Å². The number of nitrogens with zero attached hydrogens (tertiary/aromatic N) is 3. The molecular formula is C27H29N5O5S. The van der Waals surface area contributed by atoms with Gasteiger partial charge in [-0.1, -0.05) is 24.3 Å². The van der Waals surface area contributed by atoms with Crippen LogP contribution in [-0.4, -0.2) is 61.8 Å². The summed E-state index contributed by atoms with van der Waals surface area (Å²) in [4.78, 5) is 26.0. The molecular weight excluding hydrogens is 506 g/mol. The molecule has 2 aromatic heterocycles. The third kappa shape index (κ3) is 5.05. The minimum Gasteiger partial charge on any atom is -0.465 e. The number of carbonyl (C=O) groups excluding carboxylic acids is 1. The second kappa shape index (κ2) is 10.6. The Morgan fingerprint density at radius 2 is 2.00 bits per heavy atom. The van der Waals surface area contributed by atoms with Crippen LogP contribution in [0.25, 0.3) is 20.8 Å². The van der Waals surface area contributed by atoms with Gasteiger partial charge in [0.25, 0.3) is 0 Å². The Labute approximate surface area is 223 Å². The number of rotatable bonds is 8. The van der Waals surface area contributed by atoms with Gasteiger partial charge >= 0.3 is 5.97 Å². The number of para-hydroxylation sites is 1. The summed E-state index contributed by atoms with van der Waals surface area (Å²) in [5.74, 6) is -0.244. The molecule has 5 rings (SSSR count). The van der Waals surface area contributed by atoms with Crippen molar-refractivity contribution in [2.45, 2.75) is 38.1 Å². The van der Waals surface area contributed by atoms with Gasteiger partial charge in [-0.15, -0.1) is 11.3 Å². The van der Waals surface area contributed by atoms with E-state index in [2.05, 4.69) is 20.6 Å². The summed E-state index contributed by atoms with van der Waals surface area (Å²) in [6, 6.07) is 14.8. The SMILES string of the molecule is COC(=O)c1cccc(CNc2nc(C)c(-c3nc4ccccc4s3)c(NC3(O)CCC(CO)C3O)n2)c1. The minimum absolute atomic E-state index is 0.226. The molecule has 2 aromatic carbocycles. The normalized spacial score (nSPS) is 21.0. The Morgan fingerprint density at radius 1 is 1.18 bits per heavy atom. The molecule has 3 atom stereocenters. The van der Waals surface area contributed by atoms with E-state index in [0.717, 1.165) is 15.8 Å². The number of anilines is 2. The molecule has 1 saturated carbocycles. The maximum absolute atomic E-state index is 11.9. The highest BCUT2D eigenvalue weighted by atomic mass is 32.1. The number of aryl methyl sites for hydroxylation is 1. The van der Waals surface area contributed by atoms with E-state index in [1.165, 1.54) is 18.4 Å². The summed E-state index contributed by atoms with van der Waals surface area (Å²) in [5, 5.41) is 38.6. The summed E-state index contributed by atoms with van der Waals surface area (Å²) in [7, 11) is 1.34. The molecule has 38 heavy (non-hydrogen) atoms. The lowest BCUT2D eigenvalue weighted by Crippen LogP contribution is -2.48. The van der Waals surface area contributed by atoms with E-state index in [4.69, 9.17) is 9.72 Å². The van der Waals surface area contributed by atoms with Crippen LogP contribution in [0.3, 0.4) is 0 Å². The van der Waals surface area contributed by atoms with Crippen molar-refractivity contribution in [3.8, 4) is 10.6 Å². The molecule has 0 saturated heterocycles. The lowest BCUT2D eigenvalue weighted by atomic mass is 10.0. The summed E-state index contributed by atoms with van der Waals surface area (Å²) < 4.78 is 5.80. The minimum atomic E-state index is -1.67. The van der Waals surface area contributed by atoms with Gasteiger partial charge in [-0.2, -0.15) is 4.98 Å². The zero-order valence-corrected chi connectivity index (χ0v) is 21.8. The number of esters is 1. The van der Waals surface area contributed by atoms with Gasteiger partial charge in [0, 0.05) is 19.1 Å². The van der Waals surface area contributed by atoms with E-state index >= 15 is 0 Å². The van der Waals surface area contributed by atoms with Crippen LogP contribution in [0.4, 0.5) is 11.8 Å². The second-order valence-electron chi connectivity index (χ2n) is 9.36. The van der Waals surface area contributed by atoms with Crippen LogP contribution in [0.2, 0.25) is 0 Å². The fourth-order valence-corrected chi connectivity index (χ4v) is 5.78. The van der Waals surface area contributed by atoms with Crippen LogP contribution in [0, 0.1) is 12.8 Å². The van der Waals surface area contributed by atoms with Crippen molar-refractivity contribution in [3.05, 3.63) is 65.4 Å². The molecule has 2 heterocycles. The first kappa shape index (κ1) is 26.0. The van der Waals surface area contributed by atoms with E-state index in [-0.39, 0.29) is 13.0 Å². The number of hydrogen-bond acceptors (Lipinski definition) is 11. The van der Waals surface area contributed by atoms with E-state index < -0.39 is 23.7 Å². The van der Waals surface area contributed by atoms with Crippen LogP contribution in [0.5, 0.6) is 0 Å². The van der Waals surface area contributed by atoms with Gasteiger partial charge < -0.3 is 30.7 Å². The molecule has 0 spiro atoms. The van der Waals surface area contributed by atoms with Crippen LogP contribution < -0.4 is 10.6 Å². The Balaban J connectivity index is 1.50. The maximum atomic E-state index is 11.9. The molecule has 0 radical (unpaired) electrons. The number of aliphatic hydroxyl groups is 3. The first-order valence-corrected chi connectivity index (χ1v) is 13.1. The molecule has 4 aromatic rings. The molecule has 0 amide bonds. The lowest BCUT2D eigenvalue weighted by molar-refractivity contribution is -0.0545. The van der Waals surface area contributed by atoms with Crippen LogP contribution >= 0.6 is 11.3 Å². The number of aromatic nitrogens is 3. The van der Waals surface area contributed by atoms with Gasteiger partial charge in [-0.25, -0.2) is 14.8 Å². The Bertz CT molecular complexity index is 1440. The van der Waals surface area contributed by atoms with Gasteiger partial charge in [0.1, 0.15) is 16.9 Å². The summed E-state index contributed by atoms with van der Waals surface area (Å²) in [6.45, 7) is 1.95. The smallest absolute Gasteiger partial charge is 0.337 e. The maximum Gasteiger partial charge on any atom is 0.337 e. The van der Waals surface area contributed by atoms with Gasteiger partial charge in [0.2, 0.25) is 5.95 Å².